The summed E-state index contributed by atoms with van der Waals surface area (Å²) < 4.78 is 5.54. The highest BCUT2D eigenvalue weighted by Crippen LogP contribution is 2.45. The Hall–Kier alpha value is -1.87. The lowest BCUT2D eigenvalue weighted by Gasteiger charge is -2.32. The van der Waals surface area contributed by atoms with Crippen LogP contribution in [0.1, 0.15) is 32.6 Å². The van der Waals surface area contributed by atoms with Gasteiger partial charge in [0.05, 0.1) is 18.4 Å². The predicted octanol–water partition coefficient (Wildman–Crippen LogP) is 5.94. The van der Waals surface area contributed by atoms with E-state index in [9.17, 15) is 0 Å². The van der Waals surface area contributed by atoms with Crippen LogP contribution in [0.2, 0.25) is 0 Å². The van der Waals surface area contributed by atoms with Gasteiger partial charge in [0.25, 0.3) is 0 Å². The molecular formula is C28H35N2OPS. The second-order valence-corrected chi connectivity index (χ2v) is 11.8. The van der Waals surface area contributed by atoms with Crippen molar-refractivity contribution in [3.63, 3.8) is 0 Å². The first kappa shape index (κ1) is 24.3. The Morgan fingerprint density at radius 3 is 2.36 bits per heavy atom. The molecule has 1 heterocycles. The van der Waals surface area contributed by atoms with E-state index >= 15 is 0 Å². The Morgan fingerprint density at radius 2 is 1.79 bits per heavy atom. The molecule has 0 N–H and O–H groups in total. The molecule has 0 saturated carbocycles. The number of hydrogen-bond donors (Lipinski definition) is 0. The maximum absolute atomic E-state index is 5.54. The van der Waals surface area contributed by atoms with Gasteiger partial charge in [-0.25, -0.2) is 0 Å². The molecule has 0 radical (unpaired) electrons. The second kappa shape index (κ2) is 12.0. The molecule has 1 aliphatic heterocycles. The number of hydrogen-bond acceptors (Lipinski definition) is 4. The van der Waals surface area contributed by atoms with Gasteiger partial charge >= 0.3 is 0 Å². The van der Waals surface area contributed by atoms with Crippen LogP contribution in [0.15, 0.2) is 88.4 Å². The van der Waals surface area contributed by atoms with Crippen molar-refractivity contribution in [1.82, 2.24) is 5.01 Å². The maximum atomic E-state index is 5.54. The molecule has 0 amide bonds. The van der Waals surface area contributed by atoms with E-state index in [1.165, 1.54) is 33.2 Å². The standard InChI is InChI=1S/C28H35N2OPS/c1-4-26(32(23-14-7-5-8-15-23)24-16-9-6-10-17-24)28(25-18-11-19-27(25)33-3)29-30-20-12-13-22(30)21-31-2/h5-11,14-17,19,22,26H,4,12-13,18,20-21H2,1-3H3/b29-28-. The van der Waals surface area contributed by atoms with Crippen molar-refractivity contribution in [3.8, 4) is 0 Å². The second-order valence-electron chi connectivity index (χ2n) is 8.52. The largest absolute Gasteiger partial charge is 0.382 e. The first-order chi connectivity index (χ1) is 16.3. The minimum atomic E-state index is -0.596. The number of methoxy groups -OCH3 is 1. The number of benzene rings is 2. The maximum Gasteiger partial charge on any atom is 0.0731 e. The lowest BCUT2D eigenvalue weighted by atomic mass is 10.1. The lowest BCUT2D eigenvalue weighted by Crippen LogP contribution is -2.34. The lowest BCUT2D eigenvalue weighted by molar-refractivity contribution is 0.118. The van der Waals surface area contributed by atoms with Crippen molar-refractivity contribution >= 4 is 36.0 Å². The fraction of sp³-hybridized carbons (Fsp3) is 0.393. The normalized spacial score (nSPS) is 19.7. The smallest absolute Gasteiger partial charge is 0.0731 e. The summed E-state index contributed by atoms with van der Waals surface area (Å²) in [4.78, 5) is 1.37. The van der Waals surface area contributed by atoms with Crippen molar-refractivity contribution in [2.24, 2.45) is 5.10 Å². The van der Waals surface area contributed by atoms with Crippen LogP contribution in [0.5, 0.6) is 0 Å². The summed E-state index contributed by atoms with van der Waals surface area (Å²) >= 11 is 1.85. The summed E-state index contributed by atoms with van der Waals surface area (Å²) in [5.74, 6) is 0. The quantitative estimate of drug-likeness (QED) is 0.312. The van der Waals surface area contributed by atoms with Gasteiger partial charge < -0.3 is 4.74 Å². The van der Waals surface area contributed by atoms with Gasteiger partial charge in [-0.05, 0) is 56.0 Å². The number of hydrazone groups is 1. The Kier molecular flexibility index (Phi) is 8.83. The average molecular weight is 479 g/mol. The van der Waals surface area contributed by atoms with Crippen molar-refractivity contribution in [3.05, 3.63) is 83.3 Å². The van der Waals surface area contributed by atoms with Crippen molar-refractivity contribution in [2.75, 3.05) is 26.5 Å². The van der Waals surface area contributed by atoms with E-state index in [-0.39, 0.29) is 0 Å². The molecule has 0 bridgehead atoms. The van der Waals surface area contributed by atoms with Gasteiger partial charge in [-0.3, -0.25) is 5.01 Å². The van der Waals surface area contributed by atoms with Gasteiger partial charge in [0.15, 0.2) is 0 Å². The Labute approximate surface area is 204 Å². The van der Waals surface area contributed by atoms with Gasteiger partial charge in [-0.1, -0.05) is 79.7 Å². The van der Waals surface area contributed by atoms with Crippen molar-refractivity contribution < 1.29 is 4.74 Å². The zero-order valence-corrected chi connectivity index (χ0v) is 21.7. The number of ether oxygens (including phenoxy) is 1. The van der Waals surface area contributed by atoms with Gasteiger partial charge in [0, 0.05) is 24.2 Å². The van der Waals surface area contributed by atoms with Crippen LogP contribution in [0.25, 0.3) is 0 Å². The van der Waals surface area contributed by atoms with E-state index in [0.29, 0.717) is 11.7 Å². The van der Waals surface area contributed by atoms with Crippen LogP contribution in [-0.4, -0.2) is 48.9 Å². The molecule has 33 heavy (non-hydrogen) atoms. The zero-order valence-electron chi connectivity index (χ0n) is 20.0. The van der Waals surface area contributed by atoms with Crippen LogP contribution in [0.4, 0.5) is 0 Å². The molecule has 2 atom stereocenters. The molecule has 1 aliphatic carbocycles. The number of rotatable bonds is 10. The van der Waals surface area contributed by atoms with Crippen LogP contribution >= 0.6 is 19.7 Å². The van der Waals surface area contributed by atoms with E-state index < -0.39 is 7.92 Å². The third kappa shape index (κ3) is 5.62. The molecule has 1 saturated heterocycles. The van der Waals surface area contributed by atoms with Crippen LogP contribution in [0.3, 0.4) is 0 Å². The number of thioether (sulfide) groups is 1. The highest BCUT2D eigenvalue weighted by atomic mass is 32.2. The summed E-state index contributed by atoms with van der Waals surface area (Å²) in [6, 6.07) is 22.5. The molecule has 2 aliphatic rings. The SMILES string of the molecule is CCC(/C(=N\N1CCCC1COC)C1=C(SC)C=CC1)P(c1ccccc1)c1ccccc1. The van der Waals surface area contributed by atoms with Crippen molar-refractivity contribution in [2.45, 2.75) is 44.3 Å². The summed E-state index contributed by atoms with van der Waals surface area (Å²) in [6.45, 7) is 4.09. The first-order valence-electron chi connectivity index (χ1n) is 11.9. The molecule has 2 aromatic carbocycles. The minimum absolute atomic E-state index is 0.352. The van der Waals surface area contributed by atoms with Gasteiger partial charge in [0.2, 0.25) is 0 Å². The number of nitrogens with zero attached hydrogens (tertiary/aromatic N) is 2. The monoisotopic (exact) mass is 478 g/mol. The van der Waals surface area contributed by atoms with E-state index in [4.69, 9.17) is 9.84 Å². The summed E-state index contributed by atoms with van der Waals surface area (Å²) in [6.07, 6.45) is 11.1. The molecule has 2 unspecified atom stereocenters. The average Bonchev–Trinajstić information content (AvgIpc) is 3.52. The molecule has 174 valence electrons. The Morgan fingerprint density at radius 1 is 1.12 bits per heavy atom. The molecule has 0 aromatic heterocycles. The van der Waals surface area contributed by atoms with E-state index in [2.05, 4.69) is 91.0 Å². The van der Waals surface area contributed by atoms with Crippen LogP contribution < -0.4 is 10.6 Å². The highest BCUT2D eigenvalue weighted by Gasteiger charge is 2.33. The van der Waals surface area contributed by atoms with E-state index in [1.807, 2.05) is 11.8 Å². The third-order valence-corrected chi connectivity index (χ3v) is 10.2. The zero-order chi connectivity index (χ0) is 23.0. The minimum Gasteiger partial charge on any atom is -0.382 e. The molecule has 5 heteroatoms. The van der Waals surface area contributed by atoms with Gasteiger partial charge in [0.1, 0.15) is 0 Å². The topological polar surface area (TPSA) is 24.8 Å². The first-order valence-corrected chi connectivity index (χ1v) is 14.6. The fourth-order valence-electron chi connectivity index (χ4n) is 4.87. The summed E-state index contributed by atoms with van der Waals surface area (Å²) in [5, 5.41) is 10.6. The molecule has 2 aromatic rings. The van der Waals surface area contributed by atoms with Crippen molar-refractivity contribution in [1.29, 1.82) is 0 Å². The fourth-order valence-corrected chi connectivity index (χ4v) is 8.36. The van der Waals surface area contributed by atoms with E-state index in [0.717, 1.165) is 32.4 Å². The third-order valence-electron chi connectivity index (χ3n) is 6.44. The van der Waals surface area contributed by atoms with Gasteiger partial charge in [-0.2, -0.15) is 5.10 Å². The molecule has 3 nitrogen and oxygen atoms in total. The number of allylic oxidation sites excluding steroid dienone is 3. The molecule has 0 spiro atoms. The van der Waals surface area contributed by atoms with E-state index in [1.54, 1.807) is 7.11 Å². The predicted molar refractivity (Wildman–Crippen MR) is 146 cm³/mol. The summed E-state index contributed by atoms with van der Waals surface area (Å²) in [7, 11) is 1.20. The molecule has 4 rings (SSSR count). The Bertz CT molecular complexity index is 950. The van der Waals surface area contributed by atoms with Crippen LogP contribution in [0, 0.1) is 0 Å². The molecule has 1 fully saturated rings. The summed E-state index contributed by atoms with van der Waals surface area (Å²) in [5.41, 5.74) is 3.05. The van der Waals surface area contributed by atoms with Crippen LogP contribution in [-0.2, 0) is 4.74 Å². The Balaban J connectivity index is 1.83. The van der Waals surface area contributed by atoms with Gasteiger partial charge in [-0.15, -0.1) is 11.8 Å². The molecular weight excluding hydrogens is 443 g/mol. The highest BCUT2D eigenvalue weighted by molar-refractivity contribution is 8.02.